The van der Waals surface area contributed by atoms with Crippen molar-refractivity contribution < 1.29 is 4.39 Å². The van der Waals surface area contributed by atoms with E-state index in [-0.39, 0.29) is 5.82 Å². The van der Waals surface area contributed by atoms with E-state index in [4.69, 9.17) is 0 Å². The Bertz CT molecular complexity index is 552. The molecule has 0 unspecified atom stereocenters. The molecule has 0 aliphatic carbocycles. The van der Waals surface area contributed by atoms with Crippen molar-refractivity contribution >= 4 is 0 Å². The summed E-state index contributed by atoms with van der Waals surface area (Å²) >= 11 is 0. The van der Waals surface area contributed by atoms with Gasteiger partial charge in [-0.05, 0) is 61.7 Å². The zero-order valence-corrected chi connectivity index (χ0v) is 11.4. The Hall–Kier alpha value is -1.74. The number of nitrogens with one attached hydrogen (secondary N) is 1. The summed E-state index contributed by atoms with van der Waals surface area (Å²) in [5, 5.41) is 3.38. The Morgan fingerprint density at radius 2 is 2.00 bits per heavy atom. The molecule has 0 bridgehead atoms. The number of hydrogen-bond acceptors (Lipinski definition) is 2. The van der Waals surface area contributed by atoms with E-state index < -0.39 is 0 Å². The van der Waals surface area contributed by atoms with Gasteiger partial charge in [-0.25, -0.2) is 4.39 Å². The second kappa shape index (κ2) is 6.43. The highest BCUT2D eigenvalue weighted by molar-refractivity contribution is 5.26. The van der Waals surface area contributed by atoms with Gasteiger partial charge in [-0.2, -0.15) is 0 Å². The van der Waals surface area contributed by atoms with Gasteiger partial charge in [-0.3, -0.25) is 4.98 Å². The second-order valence-corrected chi connectivity index (χ2v) is 4.76. The number of nitrogens with zero attached hydrogens (tertiary/aromatic N) is 1. The molecule has 1 N–H and O–H groups in total. The fourth-order valence-corrected chi connectivity index (χ4v) is 2.07. The maximum atomic E-state index is 13.0. The van der Waals surface area contributed by atoms with Crippen LogP contribution in [0.4, 0.5) is 4.39 Å². The fourth-order valence-electron chi connectivity index (χ4n) is 2.07. The monoisotopic (exact) mass is 258 g/mol. The predicted octanol–water partition coefficient (Wildman–Crippen LogP) is 3.17. The molecule has 0 saturated carbocycles. The standard InChI is InChI=1S/C16H19FN2/c1-12-4-3-8-19-16(12)11-18-9-7-14-5-6-15(17)10-13(14)2/h3-6,8,10,18H,7,9,11H2,1-2H3. The third-order valence-corrected chi connectivity index (χ3v) is 3.29. The van der Waals surface area contributed by atoms with Gasteiger partial charge in [-0.15, -0.1) is 0 Å². The first-order valence-corrected chi connectivity index (χ1v) is 6.53. The van der Waals surface area contributed by atoms with Crippen LogP contribution >= 0.6 is 0 Å². The summed E-state index contributed by atoms with van der Waals surface area (Å²) in [6.45, 7) is 5.64. The van der Waals surface area contributed by atoms with E-state index in [2.05, 4.69) is 23.3 Å². The summed E-state index contributed by atoms with van der Waals surface area (Å²) in [5.41, 5.74) is 4.48. The van der Waals surface area contributed by atoms with Gasteiger partial charge < -0.3 is 5.32 Å². The number of aryl methyl sites for hydroxylation is 2. The van der Waals surface area contributed by atoms with Gasteiger partial charge in [0, 0.05) is 12.7 Å². The van der Waals surface area contributed by atoms with Crippen molar-refractivity contribution in [1.82, 2.24) is 10.3 Å². The molecule has 0 aliphatic rings. The van der Waals surface area contributed by atoms with Crippen molar-refractivity contribution in [2.45, 2.75) is 26.8 Å². The van der Waals surface area contributed by atoms with Crippen LogP contribution in [0.1, 0.15) is 22.4 Å². The van der Waals surface area contributed by atoms with Crippen LogP contribution in [0.25, 0.3) is 0 Å². The van der Waals surface area contributed by atoms with E-state index in [9.17, 15) is 4.39 Å². The first kappa shape index (κ1) is 13.7. The van der Waals surface area contributed by atoms with Gasteiger partial charge in [0.25, 0.3) is 0 Å². The lowest BCUT2D eigenvalue weighted by atomic mass is 10.1. The van der Waals surface area contributed by atoms with Crippen LogP contribution in [0.5, 0.6) is 0 Å². The van der Waals surface area contributed by atoms with Crippen LogP contribution < -0.4 is 5.32 Å². The number of halogens is 1. The predicted molar refractivity (Wildman–Crippen MR) is 75.5 cm³/mol. The molecule has 0 amide bonds. The van der Waals surface area contributed by atoms with Crippen LogP contribution in [-0.4, -0.2) is 11.5 Å². The summed E-state index contributed by atoms with van der Waals surface area (Å²) in [4.78, 5) is 4.34. The molecule has 2 rings (SSSR count). The molecule has 100 valence electrons. The lowest BCUT2D eigenvalue weighted by molar-refractivity contribution is 0.624. The normalized spacial score (nSPS) is 10.7. The molecule has 1 aromatic heterocycles. The van der Waals surface area contributed by atoms with Gasteiger partial charge in [-0.1, -0.05) is 12.1 Å². The molecule has 0 aliphatic heterocycles. The van der Waals surface area contributed by atoms with E-state index in [0.29, 0.717) is 0 Å². The number of benzene rings is 1. The maximum Gasteiger partial charge on any atom is 0.123 e. The lowest BCUT2D eigenvalue weighted by Gasteiger charge is -2.08. The van der Waals surface area contributed by atoms with Gasteiger partial charge in [0.2, 0.25) is 0 Å². The highest BCUT2D eigenvalue weighted by Gasteiger charge is 2.01. The van der Waals surface area contributed by atoms with Crippen LogP contribution in [0.2, 0.25) is 0 Å². The molecule has 2 aromatic rings. The summed E-state index contributed by atoms with van der Waals surface area (Å²) in [7, 11) is 0. The molecule has 19 heavy (non-hydrogen) atoms. The third kappa shape index (κ3) is 3.86. The van der Waals surface area contributed by atoms with E-state index in [1.165, 1.54) is 17.2 Å². The van der Waals surface area contributed by atoms with Gasteiger partial charge in [0.15, 0.2) is 0 Å². The Morgan fingerprint density at radius 1 is 1.16 bits per heavy atom. The molecule has 0 spiro atoms. The number of hydrogen-bond donors (Lipinski definition) is 1. The largest absolute Gasteiger partial charge is 0.311 e. The highest BCUT2D eigenvalue weighted by atomic mass is 19.1. The average Bonchev–Trinajstić information content (AvgIpc) is 2.38. The fraction of sp³-hybridized carbons (Fsp3) is 0.312. The van der Waals surface area contributed by atoms with Gasteiger partial charge in [0.1, 0.15) is 5.82 Å². The molecule has 3 heteroatoms. The Labute approximate surface area is 113 Å². The molecule has 2 nitrogen and oxygen atoms in total. The van der Waals surface area contributed by atoms with Crippen molar-refractivity contribution in [2.24, 2.45) is 0 Å². The second-order valence-electron chi connectivity index (χ2n) is 4.76. The first-order valence-electron chi connectivity index (χ1n) is 6.53. The number of pyridine rings is 1. The van der Waals surface area contributed by atoms with Crippen molar-refractivity contribution in [3.8, 4) is 0 Å². The molecular weight excluding hydrogens is 239 g/mol. The zero-order valence-electron chi connectivity index (χ0n) is 11.4. The number of rotatable bonds is 5. The van der Waals surface area contributed by atoms with Gasteiger partial charge >= 0.3 is 0 Å². The lowest BCUT2D eigenvalue weighted by Crippen LogP contribution is -2.18. The first-order chi connectivity index (χ1) is 9.16. The molecule has 1 aromatic carbocycles. The minimum Gasteiger partial charge on any atom is -0.311 e. The minimum atomic E-state index is -0.168. The van der Waals surface area contributed by atoms with E-state index in [1.807, 2.05) is 25.3 Å². The number of aromatic nitrogens is 1. The molecule has 1 heterocycles. The quantitative estimate of drug-likeness (QED) is 0.833. The average molecular weight is 258 g/mol. The van der Waals surface area contributed by atoms with Crippen molar-refractivity contribution in [1.29, 1.82) is 0 Å². The van der Waals surface area contributed by atoms with Gasteiger partial charge in [0.05, 0.1) is 5.69 Å². The van der Waals surface area contributed by atoms with Crippen molar-refractivity contribution in [2.75, 3.05) is 6.54 Å². The highest BCUT2D eigenvalue weighted by Crippen LogP contribution is 2.10. The molecule has 0 saturated heterocycles. The summed E-state index contributed by atoms with van der Waals surface area (Å²) < 4.78 is 13.0. The summed E-state index contributed by atoms with van der Waals surface area (Å²) in [6, 6.07) is 8.97. The summed E-state index contributed by atoms with van der Waals surface area (Å²) in [5.74, 6) is -0.168. The Balaban J connectivity index is 1.83. The maximum absolute atomic E-state index is 13.0. The van der Waals surface area contributed by atoms with Crippen molar-refractivity contribution in [3.63, 3.8) is 0 Å². The van der Waals surface area contributed by atoms with E-state index >= 15 is 0 Å². The third-order valence-electron chi connectivity index (χ3n) is 3.29. The van der Waals surface area contributed by atoms with Crippen LogP contribution in [-0.2, 0) is 13.0 Å². The molecule has 0 atom stereocenters. The van der Waals surface area contributed by atoms with Crippen LogP contribution in [0.3, 0.4) is 0 Å². The van der Waals surface area contributed by atoms with Crippen LogP contribution in [0, 0.1) is 19.7 Å². The Kier molecular flexibility index (Phi) is 4.63. The molecule has 0 radical (unpaired) electrons. The van der Waals surface area contributed by atoms with Crippen LogP contribution in [0.15, 0.2) is 36.5 Å². The molecular formula is C16H19FN2. The van der Waals surface area contributed by atoms with E-state index in [1.54, 1.807) is 6.07 Å². The van der Waals surface area contributed by atoms with Crippen molar-refractivity contribution in [3.05, 3.63) is 64.7 Å². The Morgan fingerprint density at radius 3 is 2.74 bits per heavy atom. The smallest absolute Gasteiger partial charge is 0.123 e. The zero-order chi connectivity index (χ0) is 13.7. The minimum absolute atomic E-state index is 0.168. The SMILES string of the molecule is Cc1cc(F)ccc1CCNCc1ncccc1C. The topological polar surface area (TPSA) is 24.9 Å². The molecule has 0 fully saturated rings. The summed E-state index contributed by atoms with van der Waals surface area (Å²) in [6.07, 6.45) is 2.71. The van der Waals surface area contributed by atoms with E-state index in [0.717, 1.165) is 30.8 Å².